The number of furan rings is 1. The topological polar surface area (TPSA) is 51.5 Å². The fraction of sp³-hybridized carbons (Fsp3) is 0.154. The monoisotopic (exact) mass is 387 g/mol. The zero-order valence-corrected chi connectivity index (χ0v) is 13.5. The lowest BCUT2D eigenvalue weighted by Gasteiger charge is -2.12. The molecule has 0 atom stereocenters. The number of benzene rings is 1. The van der Waals surface area contributed by atoms with E-state index in [1.165, 1.54) is 0 Å². The number of halogens is 2. The van der Waals surface area contributed by atoms with Gasteiger partial charge in [0.05, 0.1) is 12.8 Å². The number of hydrogen-bond donors (Lipinski definition) is 1. The number of ether oxygens (including phenoxy) is 1. The van der Waals surface area contributed by atoms with Crippen LogP contribution in [-0.2, 0) is 0 Å². The molecule has 0 aliphatic heterocycles. The van der Waals surface area contributed by atoms with Gasteiger partial charge in [0, 0.05) is 4.47 Å². The first kappa shape index (κ1) is 14.1. The summed E-state index contributed by atoms with van der Waals surface area (Å²) in [7, 11) is 1.56. The van der Waals surface area contributed by atoms with Crippen molar-refractivity contribution in [2.24, 2.45) is 0 Å². The first-order valence-corrected chi connectivity index (χ1v) is 7.00. The molecule has 0 aliphatic rings. The molecule has 0 spiro atoms. The predicted molar refractivity (Wildman–Crippen MR) is 79.8 cm³/mol. The van der Waals surface area contributed by atoms with Crippen LogP contribution in [0, 0.1) is 6.92 Å². The third-order valence-corrected chi connectivity index (χ3v) is 3.40. The second kappa shape index (κ2) is 5.79. The van der Waals surface area contributed by atoms with Gasteiger partial charge in [-0.2, -0.15) is 0 Å². The summed E-state index contributed by atoms with van der Waals surface area (Å²) in [5.41, 5.74) is 1.52. The molecule has 0 fully saturated rings. The minimum Gasteiger partial charge on any atom is -0.495 e. The van der Waals surface area contributed by atoms with Gasteiger partial charge in [0.2, 0.25) is 0 Å². The number of carbonyl (C=O) groups excluding carboxylic acids is 1. The molecule has 0 radical (unpaired) electrons. The summed E-state index contributed by atoms with van der Waals surface area (Å²) in [5.74, 6) is 0.497. The highest BCUT2D eigenvalue weighted by Crippen LogP contribution is 2.32. The number of methoxy groups -OCH3 is 1. The first-order valence-electron chi connectivity index (χ1n) is 5.42. The lowest BCUT2D eigenvalue weighted by Crippen LogP contribution is -2.12. The van der Waals surface area contributed by atoms with Gasteiger partial charge in [-0.25, -0.2) is 0 Å². The fourth-order valence-corrected chi connectivity index (χ4v) is 2.50. The molecule has 0 unspecified atom stereocenters. The number of aryl methyl sites for hydroxylation is 1. The lowest BCUT2D eigenvalue weighted by molar-refractivity contribution is 0.0995. The number of hydrogen-bond acceptors (Lipinski definition) is 3. The second-order valence-corrected chi connectivity index (χ2v) is 5.56. The van der Waals surface area contributed by atoms with E-state index in [1.807, 2.05) is 13.0 Å². The van der Waals surface area contributed by atoms with Crippen LogP contribution in [-0.4, -0.2) is 13.0 Å². The minimum absolute atomic E-state index is 0.233. The highest BCUT2D eigenvalue weighted by atomic mass is 79.9. The molecule has 0 bridgehead atoms. The van der Waals surface area contributed by atoms with Gasteiger partial charge in [0.1, 0.15) is 5.75 Å². The SMILES string of the molecule is COc1cc(Br)cc(C)c1NC(=O)c1ccc(Br)o1. The quantitative estimate of drug-likeness (QED) is 0.848. The Balaban J connectivity index is 2.31. The first-order chi connectivity index (χ1) is 9.01. The molecule has 19 heavy (non-hydrogen) atoms. The highest BCUT2D eigenvalue weighted by Gasteiger charge is 2.15. The van der Waals surface area contributed by atoms with Crippen LogP contribution in [0.2, 0.25) is 0 Å². The van der Waals surface area contributed by atoms with Gasteiger partial charge >= 0.3 is 0 Å². The summed E-state index contributed by atoms with van der Waals surface area (Å²) in [6, 6.07) is 6.96. The second-order valence-electron chi connectivity index (χ2n) is 3.86. The molecule has 1 aromatic heterocycles. The Morgan fingerprint density at radius 2 is 2.05 bits per heavy atom. The van der Waals surface area contributed by atoms with E-state index in [2.05, 4.69) is 37.2 Å². The molecular formula is C13H11Br2NO3. The lowest BCUT2D eigenvalue weighted by atomic mass is 10.2. The number of rotatable bonds is 3. The van der Waals surface area contributed by atoms with E-state index < -0.39 is 0 Å². The maximum atomic E-state index is 12.0. The van der Waals surface area contributed by atoms with Crippen molar-refractivity contribution in [1.29, 1.82) is 0 Å². The number of anilines is 1. The van der Waals surface area contributed by atoms with Crippen molar-refractivity contribution >= 4 is 43.5 Å². The van der Waals surface area contributed by atoms with Crippen LogP contribution in [0.5, 0.6) is 5.75 Å². The average molecular weight is 389 g/mol. The zero-order valence-electron chi connectivity index (χ0n) is 10.3. The molecule has 0 aliphatic carbocycles. The Morgan fingerprint density at radius 3 is 2.63 bits per heavy atom. The van der Waals surface area contributed by atoms with E-state index in [-0.39, 0.29) is 11.7 Å². The van der Waals surface area contributed by atoms with Crippen LogP contribution in [0.3, 0.4) is 0 Å². The van der Waals surface area contributed by atoms with E-state index in [0.717, 1.165) is 10.0 Å². The average Bonchev–Trinajstić information content (AvgIpc) is 2.78. The third-order valence-electron chi connectivity index (χ3n) is 2.52. The van der Waals surface area contributed by atoms with Crippen molar-refractivity contribution in [1.82, 2.24) is 0 Å². The molecule has 1 aromatic carbocycles. The summed E-state index contributed by atoms with van der Waals surface area (Å²) in [6.07, 6.45) is 0. The standard InChI is InChI=1S/C13H11Br2NO3/c1-7-5-8(14)6-10(18-2)12(7)16-13(17)9-3-4-11(15)19-9/h3-6H,1-2H3,(H,16,17). The summed E-state index contributed by atoms with van der Waals surface area (Å²) in [6.45, 7) is 1.89. The zero-order chi connectivity index (χ0) is 14.0. The molecule has 4 nitrogen and oxygen atoms in total. The summed E-state index contributed by atoms with van der Waals surface area (Å²) < 4.78 is 11.9. The van der Waals surface area contributed by atoms with Crippen LogP contribution in [0.25, 0.3) is 0 Å². The van der Waals surface area contributed by atoms with Gasteiger partial charge in [-0.05, 0) is 52.7 Å². The molecule has 2 aromatic rings. The van der Waals surface area contributed by atoms with Crippen LogP contribution in [0.15, 0.2) is 37.8 Å². The van der Waals surface area contributed by atoms with Crippen molar-refractivity contribution in [2.75, 3.05) is 12.4 Å². The Kier molecular flexibility index (Phi) is 4.31. The Bertz CT molecular complexity index is 622. The van der Waals surface area contributed by atoms with Gasteiger partial charge in [-0.3, -0.25) is 4.79 Å². The number of nitrogens with one attached hydrogen (secondary N) is 1. The van der Waals surface area contributed by atoms with Crippen molar-refractivity contribution in [3.8, 4) is 5.75 Å². The number of carbonyl (C=O) groups is 1. The Hall–Kier alpha value is -1.27. The molecular weight excluding hydrogens is 378 g/mol. The fourth-order valence-electron chi connectivity index (χ4n) is 1.65. The van der Waals surface area contributed by atoms with E-state index in [9.17, 15) is 4.79 Å². The predicted octanol–water partition coefficient (Wildman–Crippen LogP) is 4.37. The van der Waals surface area contributed by atoms with Crippen molar-refractivity contribution < 1.29 is 13.9 Å². The van der Waals surface area contributed by atoms with E-state index in [4.69, 9.17) is 9.15 Å². The smallest absolute Gasteiger partial charge is 0.291 e. The van der Waals surface area contributed by atoms with Crippen molar-refractivity contribution in [3.63, 3.8) is 0 Å². The number of amides is 1. The van der Waals surface area contributed by atoms with Gasteiger partial charge in [0.15, 0.2) is 10.4 Å². The van der Waals surface area contributed by atoms with Gasteiger partial charge in [0.25, 0.3) is 5.91 Å². The van der Waals surface area contributed by atoms with Crippen LogP contribution < -0.4 is 10.1 Å². The van der Waals surface area contributed by atoms with Crippen LogP contribution in [0.4, 0.5) is 5.69 Å². The molecule has 1 amide bonds. The molecule has 1 heterocycles. The molecule has 1 N–H and O–H groups in total. The van der Waals surface area contributed by atoms with E-state index in [1.54, 1.807) is 25.3 Å². The largest absolute Gasteiger partial charge is 0.495 e. The normalized spacial score (nSPS) is 10.3. The minimum atomic E-state index is -0.325. The van der Waals surface area contributed by atoms with E-state index in [0.29, 0.717) is 16.1 Å². The van der Waals surface area contributed by atoms with Crippen LogP contribution in [0.1, 0.15) is 16.1 Å². The molecule has 0 saturated heterocycles. The Labute approximate surface area is 127 Å². The van der Waals surface area contributed by atoms with Crippen LogP contribution >= 0.6 is 31.9 Å². The highest BCUT2D eigenvalue weighted by molar-refractivity contribution is 9.10. The van der Waals surface area contributed by atoms with E-state index >= 15 is 0 Å². The van der Waals surface area contributed by atoms with Crippen molar-refractivity contribution in [2.45, 2.75) is 6.92 Å². The summed E-state index contributed by atoms with van der Waals surface area (Å²) >= 11 is 6.55. The summed E-state index contributed by atoms with van der Waals surface area (Å²) in [4.78, 5) is 12.0. The molecule has 100 valence electrons. The van der Waals surface area contributed by atoms with Gasteiger partial charge in [-0.1, -0.05) is 15.9 Å². The van der Waals surface area contributed by atoms with Gasteiger partial charge < -0.3 is 14.5 Å². The summed E-state index contributed by atoms with van der Waals surface area (Å²) in [5, 5.41) is 2.79. The maximum absolute atomic E-state index is 12.0. The molecule has 6 heteroatoms. The molecule has 2 rings (SSSR count). The molecule has 0 saturated carbocycles. The maximum Gasteiger partial charge on any atom is 0.291 e. The Morgan fingerprint density at radius 1 is 1.32 bits per heavy atom. The van der Waals surface area contributed by atoms with Crippen molar-refractivity contribution in [3.05, 3.63) is 44.7 Å². The van der Waals surface area contributed by atoms with Gasteiger partial charge in [-0.15, -0.1) is 0 Å². The third kappa shape index (κ3) is 3.19.